The summed E-state index contributed by atoms with van der Waals surface area (Å²) < 4.78 is 0. The zero-order chi connectivity index (χ0) is 9.56. The molecule has 1 rings (SSSR count). The Morgan fingerprint density at radius 3 is 1.75 bits per heavy atom. The van der Waals surface area contributed by atoms with Gasteiger partial charge in [0.05, 0.1) is 0 Å². The zero-order valence-corrected chi connectivity index (χ0v) is 7.91. The summed E-state index contributed by atoms with van der Waals surface area (Å²) in [5, 5.41) is 8.06. The smallest absolute Gasteiger partial charge is 0.0483 e. The second-order valence-corrected chi connectivity index (χ2v) is 3.00. The highest BCUT2D eigenvalue weighted by atomic mass is 16.3. The third-order valence-corrected chi connectivity index (χ3v) is 1.08. The molecule has 1 aromatic carbocycles. The molecule has 0 aliphatic rings. The average molecular weight is 167 g/mol. The molecule has 0 saturated heterocycles. The van der Waals surface area contributed by atoms with Crippen LogP contribution in [0.1, 0.15) is 19.4 Å². The highest BCUT2D eigenvalue weighted by Crippen LogP contribution is 2.02. The van der Waals surface area contributed by atoms with Crippen molar-refractivity contribution in [2.24, 2.45) is 0 Å². The van der Waals surface area contributed by atoms with E-state index in [4.69, 9.17) is 10.8 Å². The van der Waals surface area contributed by atoms with Gasteiger partial charge in [-0.25, -0.2) is 0 Å². The zero-order valence-electron chi connectivity index (χ0n) is 7.91. The van der Waals surface area contributed by atoms with Gasteiger partial charge in [-0.15, -0.1) is 0 Å². The molecule has 0 heterocycles. The highest BCUT2D eigenvalue weighted by molar-refractivity contribution is 5.38. The monoisotopic (exact) mass is 167 g/mol. The maximum atomic E-state index is 8.06. The number of aliphatic hydroxyl groups excluding tert-OH is 1. The van der Waals surface area contributed by atoms with E-state index in [-0.39, 0.29) is 6.10 Å². The topological polar surface area (TPSA) is 46.2 Å². The molecule has 0 aromatic heterocycles. The molecule has 1 aromatic rings. The molecule has 68 valence electrons. The predicted molar refractivity (Wildman–Crippen MR) is 52.9 cm³/mol. The lowest BCUT2D eigenvalue weighted by Gasteiger charge is -1.90. The number of anilines is 1. The first kappa shape index (κ1) is 11.0. The molecule has 3 N–H and O–H groups in total. The molecule has 0 unspecified atom stereocenters. The Labute approximate surface area is 74.0 Å². The van der Waals surface area contributed by atoms with Crippen LogP contribution in [-0.2, 0) is 0 Å². The van der Waals surface area contributed by atoms with Gasteiger partial charge in [0.15, 0.2) is 0 Å². The van der Waals surface area contributed by atoms with Crippen molar-refractivity contribution in [1.29, 1.82) is 0 Å². The van der Waals surface area contributed by atoms with Crippen LogP contribution in [-0.4, -0.2) is 11.2 Å². The summed E-state index contributed by atoms with van der Waals surface area (Å²) >= 11 is 0. The van der Waals surface area contributed by atoms with Gasteiger partial charge in [-0.2, -0.15) is 0 Å². The second-order valence-electron chi connectivity index (χ2n) is 3.00. The van der Waals surface area contributed by atoms with Crippen LogP contribution >= 0.6 is 0 Å². The van der Waals surface area contributed by atoms with Gasteiger partial charge in [0.2, 0.25) is 0 Å². The summed E-state index contributed by atoms with van der Waals surface area (Å²) in [7, 11) is 0. The van der Waals surface area contributed by atoms with E-state index in [1.165, 1.54) is 5.56 Å². The van der Waals surface area contributed by atoms with Crippen LogP contribution in [0.2, 0.25) is 0 Å². The van der Waals surface area contributed by atoms with E-state index in [2.05, 4.69) is 0 Å². The fourth-order valence-electron chi connectivity index (χ4n) is 0.566. The van der Waals surface area contributed by atoms with Crippen LogP contribution in [0.5, 0.6) is 0 Å². The normalized spacial score (nSPS) is 9.08. The number of nitrogens with two attached hydrogens (primary N) is 1. The molecule has 12 heavy (non-hydrogen) atoms. The first-order valence-corrected chi connectivity index (χ1v) is 4.02. The first-order chi connectivity index (χ1) is 5.52. The number of hydrogen-bond donors (Lipinski definition) is 2. The van der Waals surface area contributed by atoms with Crippen molar-refractivity contribution in [3.05, 3.63) is 29.8 Å². The molecule has 0 bridgehead atoms. The fraction of sp³-hybridized carbons (Fsp3) is 0.400. The molecule has 0 amide bonds. The summed E-state index contributed by atoms with van der Waals surface area (Å²) in [5.74, 6) is 0. The molecule has 0 radical (unpaired) electrons. The molecule has 2 heteroatoms. The van der Waals surface area contributed by atoms with Crippen LogP contribution in [0.15, 0.2) is 24.3 Å². The first-order valence-electron chi connectivity index (χ1n) is 4.02. The summed E-state index contributed by atoms with van der Waals surface area (Å²) in [6, 6.07) is 7.79. The molecule has 0 aliphatic carbocycles. The average Bonchev–Trinajstić information content (AvgIpc) is 1.94. The van der Waals surface area contributed by atoms with Gasteiger partial charge in [0.1, 0.15) is 0 Å². The molecule has 2 nitrogen and oxygen atoms in total. The lowest BCUT2D eigenvalue weighted by atomic mass is 10.2. The van der Waals surface area contributed by atoms with E-state index in [0.29, 0.717) is 0 Å². The molecule has 0 saturated carbocycles. The molecule has 0 spiro atoms. The van der Waals surface area contributed by atoms with E-state index in [0.717, 1.165) is 5.69 Å². The van der Waals surface area contributed by atoms with Gasteiger partial charge in [0.25, 0.3) is 0 Å². The van der Waals surface area contributed by atoms with Crippen LogP contribution < -0.4 is 5.73 Å². The second kappa shape index (κ2) is 5.61. The van der Waals surface area contributed by atoms with Gasteiger partial charge in [-0.3, -0.25) is 0 Å². The summed E-state index contributed by atoms with van der Waals surface area (Å²) in [6.07, 6.45) is -0.167. The number of rotatable bonds is 0. The van der Waals surface area contributed by atoms with Gasteiger partial charge in [-0.05, 0) is 32.9 Å². The standard InChI is InChI=1S/C7H9N.C3H8O/c1-6-2-4-7(8)5-3-6;1-3(2)4/h2-5H,8H2,1H3;3-4H,1-2H3. The lowest BCUT2D eigenvalue weighted by Crippen LogP contribution is -1.85. The van der Waals surface area contributed by atoms with Crippen LogP contribution in [0.25, 0.3) is 0 Å². The van der Waals surface area contributed by atoms with Gasteiger partial charge >= 0.3 is 0 Å². The molecular weight excluding hydrogens is 150 g/mol. The molecule has 0 aliphatic heterocycles. The Bertz CT molecular complexity index is 180. The summed E-state index contributed by atoms with van der Waals surface area (Å²) in [4.78, 5) is 0. The SMILES string of the molecule is CC(C)O.Cc1ccc(N)cc1. The quantitative estimate of drug-likeness (QED) is 0.580. The van der Waals surface area contributed by atoms with Crippen molar-refractivity contribution in [1.82, 2.24) is 0 Å². The highest BCUT2D eigenvalue weighted by Gasteiger charge is 1.80. The van der Waals surface area contributed by atoms with E-state index >= 15 is 0 Å². The minimum Gasteiger partial charge on any atom is -0.399 e. The minimum absolute atomic E-state index is 0.167. The number of benzene rings is 1. The minimum atomic E-state index is -0.167. The Hall–Kier alpha value is -1.02. The Morgan fingerprint density at radius 2 is 1.50 bits per heavy atom. The molecular formula is C10H17NO. The maximum Gasteiger partial charge on any atom is 0.0483 e. The van der Waals surface area contributed by atoms with Gasteiger partial charge in [-0.1, -0.05) is 17.7 Å². The van der Waals surface area contributed by atoms with Gasteiger partial charge < -0.3 is 10.8 Å². The fourth-order valence-corrected chi connectivity index (χ4v) is 0.566. The third-order valence-electron chi connectivity index (χ3n) is 1.08. The summed E-state index contributed by atoms with van der Waals surface area (Å²) in [6.45, 7) is 5.49. The van der Waals surface area contributed by atoms with E-state index in [1.54, 1.807) is 13.8 Å². The maximum absolute atomic E-state index is 8.06. The Kier molecular flexibility index (Phi) is 5.13. The number of nitrogen functional groups attached to an aromatic ring is 1. The van der Waals surface area contributed by atoms with E-state index in [9.17, 15) is 0 Å². The molecule has 0 fully saturated rings. The Balaban J connectivity index is 0.000000261. The van der Waals surface area contributed by atoms with E-state index in [1.807, 2.05) is 31.2 Å². The van der Waals surface area contributed by atoms with Crippen molar-refractivity contribution >= 4 is 5.69 Å². The van der Waals surface area contributed by atoms with Crippen LogP contribution in [0.3, 0.4) is 0 Å². The van der Waals surface area contributed by atoms with Crippen molar-refractivity contribution in [2.45, 2.75) is 26.9 Å². The van der Waals surface area contributed by atoms with E-state index < -0.39 is 0 Å². The summed E-state index contributed by atoms with van der Waals surface area (Å²) in [5.41, 5.74) is 7.51. The lowest BCUT2D eigenvalue weighted by molar-refractivity contribution is 0.216. The van der Waals surface area contributed by atoms with Crippen molar-refractivity contribution in [2.75, 3.05) is 5.73 Å². The van der Waals surface area contributed by atoms with Crippen LogP contribution in [0, 0.1) is 6.92 Å². The van der Waals surface area contributed by atoms with Crippen LogP contribution in [0.4, 0.5) is 5.69 Å². The van der Waals surface area contributed by atoms with Gasteiger partial charge in [0, 0.05) is 11.8 Å². The predicted octanol–water partition coefficient (Wildman–Crippen LogP) is 1.96. The van der Waals surface area contributed by atoms with Crippen molar-refractivity contribution in [3.8, 4) is 0 Å². The number of aliphatic hydroxyl groups is 1. The Morgan fingerprint density at radius 1 is 1.17 bits per heavy atom. The largest absolute Gasteiger partial charge is 0.399 e. The number of aryl methyl sites for hydroxylation is 1. The number of hydrogen-bond acceptors (Lipinski definition) is 2. The van der Waals surface area contributed by atoms with Crippen molar-refractivity contribution < 1.29 is 5.11 Å². The third kappa shape index (κ3) is 7.09. The van der Waals surface area contributed by atoms with Crippen molar-refractivity contribution in [3.63, 3.8) is 0 Å². The molecule has 0 atom stereocenters.